The van der Waals surface area contributed by atoms with Crippen molar-refractivity contribution in [2.75, 3.05) is 44.8 Å². The molecule has 1 N–H and O–H groups in total. The van der Waals surface area contributed by atoms with Gasteiger partial charge in [-0.15, -0.1) is 0 Å². The Labute approximate surface area is 237 Å². The molecule has 0 bridgehead atoms. The predicted octanol–water partition coefficient (Wildman–Crippen LogP) is 3.95. The van der Waals surface area contributed by atoms with Crippen molar-refractivity contribution in [1.29, 1.82) is 0 Å². The van der Waals surface area contributed by atoms with Crippen molar-refractivity contribution < 1.29 is 28.8 Å². The summed E-state index contributed by atoms with van der Waals surface area (Å²) in [5, 5.41) is 10.9. The lowest BCUT2D eigenvalue weighted by atomic mass is 9.72. The number of aliphatic hydroxyl groups excluding tert-OH is 1. The molecule has 1 unspecified atom stereocenters. The molecule has 1 aromatic carbocycles. The van der Waals surface area contributed by atoms with E-state index < -0.39 is 23.4 Å². The highest BCUT2D eigenvalue weighted by atomic mass is 16.7. The van der Waals surface area contributed by atoms with E-state index >= 15 is 0 Å². The summed E-state index contributed by atoms with van der Waals surface area (Å²) in [6, 6.07) is 10.1. The number of likely N-dealkylation sites (tertiary alicyclic amines) is 1. The van der Waals surface area contributed by atoms with Crippen LogP contribution in [0.25, 0.3) is 0 Å². The fourth-order valence-corrected chi connectivity index (χ4v) is 5.91. The topological polar surface area (TPSA) is 93.6 Å². The van der Waals surface area contributed by atoms with Crippen LogP contribution in [0, 0.1) is 5.41 Å². The zero-order valence-electron chi connectivity index (χ0n) is 24.7. The number of benzene rings is 1. The molecule has 3 fully saturated rings. The van der Waals surface area contributed by atoms with Gasteiger partial charge in [-0.3, -0.25) is 4.79 Å². The molecule has 0 spiro atoms. The molecule has 0 radical (unpaired) electrons. The summed E-state index contributed by atoms with van der Waals surface area (Å²) in [6.45, 7) is 14.4. The number of carbonyl (C=O) groups is 1. The van der Waals surface area contributed by atoms with E-state index in [0.29, 0.717) is 30.5 Å². The monoisotopic (exact) mass is 553 g/mol. The van der Waals surface area contributed by atoms with Crippen molar-refractivity contribution in [3.8, 4) is 11.5 Å². The highest BCUT2D eigenvalue weighted by Crippen LogP contribution is 2.47. The van der Waals surface area contributed by atoms with Crippen LogP contribution in [0.3, 0.4) is 0 Å². The van der Waals surface area contributed by atoms with Crippen LogP contribution >= 0.6 is 0 Å². The number of pyridine rings is 1. The second-order valence-corrected chi connectivity index (χ2v) is 12.4. The van der Waals surface area contributed by atoms with Crippen LogP contribution in [0.15, 0.2) is 36.5 Å². The number of methoxy groups -OCH3 is 1. The number of aromatic nitrogens is 1. The predicted molar refractivity (Wildman–Crippen MR) is 152 cm³/mol. The third-order valence-electron chi connectivity index (χ3n) is 8.77. The molecule has 0 aliphatic carbocycles. The maximum absolute atomic E-state index is 13.4. The second kappa shape index (κ2) is 10.8. The zero-order valence-corrected chi connectivity index (χ0v) is 24.7. The number of ether oxygens (including phenoxy) is 4. The molecule has 3 aliphatic heterocycles. The Morgan fingerprint density at radius 2 is 1.85 bits per heavy atom. The van der Waals surface area contributed by atoms with Crippen LogP contribution in [0.2, 0.25) is 0 Å². The minimum Gasteiger partial charge on any atom is -0.493 e. The van der Waals surface area contributed by atoms with Crippen molar-refractivity contribution in [2.24, 2.45) is 5.41 Å². The first-order chi connectivity index (χ1) is 18.9. The average Bonchev–Trinajstić information content (AvgIpc) is 3.45. The van der Waals surface area contributed by atoms with Gasteiger partial charge in [0.25, 0.3) is 5.91 Å². The molecule has 3 saturated heterocycles. The Kier molecular flexibility index (Phi) is 7.76. The molecule has 1 aromatic heterocycles. The van der Waals surface area contributed by atoms with Gasteiger partial charge in [-0.2, -0.15) is 0 Å². The van der Waals surface area contributed by atoms with Crippen molar-refractivity contribution in [3.05, 3.63) is 47.7 Å². The quantitative estimate of drug-likeness (QED) is 0.526. The molecule has 2 aromatic rings. The van der Waals surface area contributed by atoms with Crippen molar-refractivity contribution >= 4 is 11.7 Å². The third kappa shape index (κ3) is 5.51. The number of amides is 1. The molecule has 9 heteroatoms. The summed E-state index contributed by atoms with van der Waals surface area (Å²) >= 11 is 0. The fourth-order valence-electron chi connectivity index (χ4n) is 5.91. The summed E-state index contributed by atoms with van der Waals surface area (Å²) in [4.78, 5) is 22.0. The maximum Gasteiger partial charge on any atom is 0.254 e. The molecule has 9 nitrogen and oxygen atoms in total. The summed E-state index contributed by atoms with van der Waals surface area (Å²) in [5.74, 6) is 1.75. The maximum atomic E-state index is 13.4. The van der Waals surface area contributed by atoms with Gasteiger partial charge in [-0.1, -0.05) is 32.9 Å². The van der Waals surface area contributed by atoms with Gasteiger partial charge in [0.05, 0.1) is 32.9 Å². The van der Waals surface area contributed by atoms with E-state index in [1.165, 1.54) is 5.56 Å². The van der Waals surface area contributed by atoms with E-state index in [1.807, 2.05) is 45.2 Å². The standard InChI is InChI=1S/C31H43N3O6/c1-19(2)22-9-11-28(32-13-22)33-14-23(15-33)39-26-12-21(8-10-25(26)37-7)24-16-34(18-31(24,6)20(3)35)29(36)27-17-38-30(4,5)40-27/h8-13,19-20,23-24,27,35H,14-18H2,1-7H3/t20-,24+,27?,31+/m1/s1. The van der Waals surface area contributed by atoms with E-state index in [1.54, 1.807) is 18.9 Å². The Morgan fingerprint density at radius 3 is 2.42 bits per heavy atom. The minimum atomic E-state index is -0.778. The van der Waals surface area contributed by atoms with Gasteiger partial charge in [0.1, 0.15) is 11.9 Å². The normalized spacial score (nSPS) is 27.1. The average molecular weight is 554 g/mol. The van der Waals surface area contributed by atoms with Gasteiger partial charge >= 0.3 is 0 Å². The number of rotatable bonds is 8. The third-order valence-corrected chi connectivity index (χ3v) is 8.77. The van der Waals surface area contributed by atoms with Gasteiger partial charge in [-0.05, 0) is 56.0 Å². The molecule has 4 atom stereocenters. The highest BCUT2D eigenvalue weighted by molar-refractivity contribution is 5.82. The van der Waals surface area contributed by atoms with E-state index in [0.717, 1.165) is 24.5 Å². The first-order valence-electron chi connectivity index (χ1n) is 14.2. The van der Waals surface area contributed by atoms with Gasteiger partial charge in [0, 0.05) is 30.6 Å². The number of hydrogen-bond acceptors (Lipinski definition) is 8. The summed E-state index contributed by atoms with van der Waals surface area (Å²) in [6.07, 6.45) is 0.680. The van der Waals surface area contributed by atoms with E-state index in [2.05, 4.69) is 35.9 Å². The Hall–Kier alpha value is -2.88. The second-order valence-electron chi connectivity index (χ2n) is 12.4. The minimum absolute atomic E-state index is 0.00315. The van der Waals surface area contributed by atoms with Crippen LogP contribution in [0.4, 0.5) is 5.82 Å². The number of aliphatic hydroxyl groups is 1. The summed E-state index contributed by atoms with van der Waals surface area (Å²) in [5.41, 5.74) is 1.68. The fraction of sp³-hybridized carbons (Fsp3) is 0.613. The van der Waals surface area contributed by atoms with Crippen molar-refractivity contribution in [1.82, 2.24) is 9.88 Å². The molecule has 1 amide bonds. The Bertz CT molecular complexity index is 1210. The number of carbonyl (C=O) groups excluding carboxylic acids is 1. The molecular weight excluding hydrogens is 510 g/mol. The van der Waals surface area contributed by atoms with E-state index in [-0.39, 0.29) is 24.5 Å². The van der Waals surface area contributed by atoms with Crippen LogP contribution < -0.4 is 14.4 Å². The van der Waals surface area contributed by atoms with Gasteiger partial charge in [0.2, 0.25) is 0 Å². The van der Waals surface area contributed by atoms with Crippen LogP contribution in [0.5, 0.6) is 11.5 Å². The SMILES string of the molecule is COc1ccc([C@@H]2CN(C(=O)C3COC(C)(C)O3)C[C@@]2(C)[C@@H](C)O)cc1OC1CN(c2ccc(C(C)C)cn2)C1. The smallest absolute Gasteiger partial charge is 0.254 e. The summed E-state index contributed by atoms with van der Waals surface area (Å²) in [7, 11) is 1.64. The molecule has 3 aliphatic rings. The van der Waals surface area contributed by atoms with Crippen molar-refractivity contribution in [3.63, 3.8) is 0 Å². The molecule has 218 valence electrons. The van der Waals surface area contributed by atoms with Gasteiger partial charge in [0.15, 0.2) is 23.4 Å². The lowest BCUT2D eigenvalue weighted by Crippen LogP contribution is -2.54. The molecule has 40 heavy (non-hydrogen) atoms. The molecule has 0 saturated carbocycles. The van der Waals surface area contributed by atoms with Crippen molar-refractivity contribution in [2.45, 2.75) is 77.5 Å². The van der Waals surface area contributed by atoms with Gasteiger partial charge < -0.3 is 33.9 Å². The highest BCUT2D eigenvalue weighted by Gasteiger charge is 2.50. The lowest BCUT2D eigenvalue weighted by Gasteiger charge is -2.40. The number of hydrogen-bond donors (Lipinski definition) is 1. The van der Waals surface area contributed by atoms with Crippen LogP contribution in [-0.2, 0) is 14.3 Å². The largest absolute Gasteiger partial charge is 0.493 e. The van der Waals surface area contributed by atoms with Gasteiger partial charge in [-0.25, -0.2) is 4.98 Å². The zero-order chi connectivity index (χ0) is 28.8. The first kappa shape index (κ1) is 28.6. The Balaban J connectivity index is 1.30. The van der Waals surface area contributed by atoms with Crippen LogP contribution in [0.1, 0.15) is 64.5 Å². The lowest BCUT2D eigenvalue weighted by molar-refractivity contribution is -0.159. The number of anilines is 1. The first-order valence-corrected chi connectivity index (χ1v) is 14.2. The van der Waals surface area contributed by atoms with E-state index in [4.69, 9.17) is 18.9 Å². The molecule has 5 rings (SSSR count). The van der Waals surface area contributed by atoms with E-state index in [9.17, 15) is 9.90 Å². The molecular formula is C31H43N3O6. The Morgan fingerprint density at radius 1 is 1.10 bits per heavy atom. The molecule has 4 heterocycles. The van der Waals surface area contributed by atoms with Crippen LogP contribution in [-0.4, -0.2) is 84.9 Å². The number of nitrogens with zero attached hydrogens (tertiary/aromatic N) is 3. The summed E-state index contributed by atoms with van der Waals surface area (Å²) < 4.78 is 23.5.